The molecule has 20 heavy (non-hydrogen) atoms. The summed E-state index contributed by atoms with van der Waals surface area (Å²) in [4.78, 5) is 33.3. The minimum atomic E-state index is -0.942. The number of anilines is 1. The fourth-order valence-electron chi connectivity index (χ4n) is 1.53. The van der Waals surface area contributed by atoms with Crippen LogP contribution in [0.1, 0.15) is 12.5 Å². The van der Waals surface area contributed by atoms with E-state index in [1.165, 1.54) is 0 Å². The van der Waals surface area contributed by atoms with Crippen molar-refractivity contribution in [3.8, 4) is 0 Å². The maximum absolute atomic E-state index is 11.5. The summed E-state index contributed by atoms with van der Waals surface area (Å²) in [5.41, 5.74) is 1.05. The first-order valence-corrected chi connectivity index (χ1v) is 6.13. The highest BCUT2D eigenvalue weighted by Crippen LogP contribution is 2.11. The molecule has 0 bridgehead atoms. The number of carboxylic acid groups (broad SMARTS) is 1. The number of nitrogens with one attached hydrogen (secondary N) is 3. The van der Waals surface area contributed by atoms with E-state index in [1.807, 2.05) is 0 Å². The van der Waals surface area contributed by atoms with E-state index in [0.717, 1.165) is 0 Å². The van der Waals surface area contributed by atoms with Crippen LogP contribution in [-0.2, 0) is 16.0 Å². The van der Waals surface area contributed by atoms with E-state index in [-0.39, 0.29) is 18.9 Å². The first-order valence-electron chi connectivity index (χ1n) is 6.13. The monoisotopic (exact) mass is 279 g/mol. The second kappa shape index (κ2) is 7.78. The highest BCUT2D eigenvalue weighted by atomic mass is 16.4. The van der Waals surface area contributed by atoms with Crippen LogP contribution in [-0.4, -0.2) is 36.1 Å². The van der Waals surface area contributed by atoms with Crippen molar-refractivity contribution in [1.82, 2.24) is 10.6 Å². The molecule has 7 nitrogen and oxygen atoms in total. The number of likely N-dealkylation sites (N-methyl/N-ethyl adjacent to an activating group) is 1. The smallest absolute Gasteiger partial charge is 0.319 e. The Balaban J connectivity index is 2.49. The number of hydrogen-bond acceptors (Lipinski definition) is 3. The molecule has 1 aromatic carbocycles. The standard InChI is InChI=1S/C13H17N3O4/c1-2-14-11(17)8-15-13(20)16-10-5-3-4-9(6-10)7-12(18)19/h3-6H,2,7-8H2,1H3,(H,14,17)(H,18,19)(H2,15,16,20). The van der Waals surface area contributed by atoms with Gasteiger partial charge in [-0.15, -0.1) is 0 Å². The minimum Gasteiger partial charge on any atom is -0.481 e. The summed E-state index contributed by atoms with van der Waals surface area (Å²) in [6.45, 7) is 2.17. The fourth-order valence-corrected chi connectivity index (χ4v) is 1.53. The number of carboxylic acids is 1. The molecule has 0 atom stereocenters. The third kappa shape index (κ3) is 5.85. The number of carbonyl (C=O) groups is 3. The molecule has 0 aliphatic carbocycles. The molecule has 0 saturated heterocycles. The Morgan fingerprint density at radius 3 is 2.60 bits per heavy atom. The van der Waals surface area contributed by atoms with Gasteiger partial charge in [-0.3, -0.25) is 9.59 Å². The lowest BCUT2D eigenvalue weighted by Gasteiger charge is -2.08. The van der Waals surface area contributed by atoms with Crippen LogP contribution in [0.3, 0.4) is 0 Å². The largest absolute Gasteiger partial charge is 0.481 e. The number of amides is 3. The van der Waals surface area contributed by atoms with Crippen molar-refractivity contribution in [3.63, 3.8) is 0 Å². The topological polar surface area (TPSA) is 108 Å². The van der Waals surface area contributed by atoms with Crippen molar-refractivity contribution in [2.45, 2.75) is 13.3 Å². The molecule has 4 N–H and O–H groups in total. The van der Waals surface area contributed by atoms with Crippen LogP contribution in [0.4, 0.5) is 10.5 Å². The summed E-state index contributed by atoms with van der Waals surface area (Å²) in [5.74, 6) is -1.22. The normalized spacial score (nSPS) is 9.65. The first kappa shape index (κ1) is 15.5. The van der Waals surface area contributed by atoms with Crippen molar-refractivity contribution in [2.24, 2.45) is 0 Å². The minimum absolute atomic E-state index is 0.115. The average Bonchev–Trinajstić information content (AvgIpc) is 2.36. The van der Waals surface area contributed by atoms with Crippen molar-refractivity contribution < 1.29 is 19.5 Å². The predicted octanol–water partition coefficient (Wildman–Crippen LogP) is 0.571. The molecular formula is C13H17N3O4. The van der Waals surface area contributed by atoms with Gasteiger partial charge in [-0.2, -0.15) is 0 Å². The lowest BCUT2D eigenvalue weighted by molar-refractivity contribution is -0.136. The molecule has 1 rings (SSSR count). The van der Waals surface area contributed by atoms with Gasteiger partial charge < -0.3 is 21.1 Å². The SMILES string of the molecule is CCNC(=O)CNC(=O)Nc1cccc(CC(=O)O)c1. The molecule has 0 heterocycles. The van der Waals surface area contributed by atoms with Crippen LogP contribution in [0.15, 0.2) is 24.3 Å². The summed E-state index contributed by atoms with van der Waals surface area (Å²) in [7, 11) is 0. The van der Waals surface area contributed by atoms with E-state index in [1.54, 1.807) is 31.2 Å². The van der Waals surface area contributed by atoms with Gasteiger partial charge in [-0.1, -0.05) is 12.1 Å². The van der Waals surface area contributed by atoms with Gasteiger partial charge in [-0.05, 0) is 24.6 Å². The van der Waals surface area contributed by atoms with Gasteiger partial charge in [0.05, 0.1) is 13.0 Å². The third-order valence-corrected chi connectivity index (χ3v) is 2.32. The van der Waals surface area contributed by atoms with Gasteiger partial charge >= 0.3 is 12.0 Å². The van der Waals surface area contributed by atoms with Crippen LogP contribution in [0.2, 0.25) is 0 Å². The Bertz CT molecular complexity index is 502. The second-order valence-electron chi connectivity index (χ2n) is 4.03. The Labute approximate surface area is 116 Å². The molecule has 0 radical (unpaired) electrons. The Kier molecular flexibility index (Phi) is 6.02. The van der Waals surface area contributed by atoms with E-state index in [9.17, 15) is 14.4 Å². The van der Waals surface area contributed by atoms with Gasteiger partial charge in [0.15, 0.2) is 0 Å². The molecule has 1 aromatic rings. The highest BCUT2D eigenvalue weighted by Gasteiger charge is 2.06. The van der Waals surface area contributed by atoms with Gasteiger partial charge in [-0.25, -0.2) is 4.79 Å². The summed E-state index contributed by atoms with van der Waals surface area (Å²) in [6.07, 6.45) is -0.115. The molecule has 0 spiro atoms. The van der Waals surface area contributed by atoms with Crippen molar-refractivity contribution >= 4 is 23.6 Å². The predicted molar refractivity (Wildman–Crippen MR) is 73.5 cm³/mol. The summed E-state index contributed by atoms with van der Waals surface area (Å²) in [5, 5.41) is 16.2. The molecule has 0 aliphatic rings. The third-order valence-electron chi connectivity index (χ3n) is 2.32. The first-order chi connectivity index (χ1) is 9.51. The quantitative estimate of drug-likeness (QED) is 0.610. The van der Waals surface area contributed by atoms with Gasteiger partial charge in [0, 0.05) is 12.2 Å². The van der Waals surface area contributed by atoms with Crippen LogP contribution in [0, 0.1) is 0 Å². The maximum atomic E-state index is 11.5. The zero-order valence-corrected chi connectivity index (χ0v) is 11.1. The Morgan fingerprint density at radius 1 is 1.20 bits per heavy atom. The highest BCUT2D eigenvalue weighted by molar-refractivity contribution is 5.92. The molecule has 108 valence electrons. The average molecular weight is 279 g/mol. The lowest BCUT2D eigenvalue weighted by atomic mass is 10.1. The molecule has 0 aliphatic heterocycles. The molecule has 0 fully saturated rings. The lowest BCUT2D eigenvalue weighted by Crippen LogP contribution is -2.38. The maximum Gasteiger partial charge on any atom is 0.319 e. The summed E-state index contributed by atoms with van der Waals surface area (Å²) < 4.78 is 0. The molecule has 7 heteroatoms. The summed E-state index contributed by atoms with van der Waals surface area (Å²) >= 11 is 0. The van der Waals surface area contributed by atoms with E-state index in [0.29, 0.717) is 17.8 Å². The van der Waals surface area contributed by atoms with Gasteiger partial charge in [0.2, 0.25) is 5.91 Å². The van der Waals surface area contributed by atoms with Crippen molar-refractivity contribution in [3.05, 3.63) is 29.8 Å². The van der Waals surface area contributed by atoms with E-state index in [2.05, 4.69) is 16.0 Å². The Morgan fingerprint density at radius 2 is 1.95 bits per heavy atom. The van der Waals surface area contributed by atoms with Crippen LogP contribution in [0.25, 0.3) is 0 Å². The van der Waals surface area contributed by atoms with Crippen LogP contribution >= 0.6 is 0 Å². The number of rotatable bonds is 6. The molecule has 0 saturated carbocycles. The van der Waals surface area contributed by atoms with E-state index >= 15 is 0 Å². The zero-order chi connectivity index (χ0) is 15.0. The number of aliphatic carboxylic acids is 1. The molecular weight excluding hydrogens is 262 g/mol. The van der Waals surface area contributed by atoms with Crippen LogP contribution < -0.4 is 16.0 Å². The van der Waals surface area contributed by atoms with E-state index in [4.69, 9.17) is 5.11 Å². The number of carbonyl (C=O) groups excluding carboxylic acids is 2. The zero-order valence-electron chi connectivity index (χ0n) is 11.1. The Hall–Kier alpha value is -2.57. The van der Waals surface area contributed by atoms with Crippen molar-refractivity contribution in [1.29, 1.82) is 0 Å². The number of urea groups is 1. The van der Waals surface area contributed by atoms with Gasteiger partial charge in [0.25, 0.3) is 0 Å². The van der Waals surface area contributed by atoms with Crippen LogP contribution in [0.5, 0.6) is 0 Å². The molecule has 3 amide bonds. The summed E-state index contributed by atoms with van der Waals surface area (Å²) in [6, 6.07) is 5.99. The van der Waals surface area contributed by atoms with E-state index < -0.39 is 12.0 Å². The number of hydrogen-bond donors (Lipinski definition) is 4. The van der Waals surface area contributed by atoms with Gasteiger partial charge in [0.1, 0.15) is 0 Å². The second-order valence-corrected chi connectivity index (χ2v) is 4.03. The fraction of sp³-hybridized carbons (Fsp3) is 0.308. The molecule has 0 unspecified atom stereocenters. The van der Waals surface area contributed by atoms with Crippen molar-refractivity contribution in [2.75, 3.05) is 18.4 Å². The molecule has 0 aromatic heterocycles. The number of benzene rings is 1.